The number of carbonyl (C=O) groups excluding carboxylic acids is 1. The summed E-state index contributed by atoms with van der Waals surface area (Å²) in [7, 11) is 0. The molecular weight excluding hydrogens is 234 g/mol. The van der Waals surface area contributed by atoms with Gasteiger partial charge in [0.25, 0.3) is 0 Å². The van der Waals surface area contributed by atoms with Gasteiger partial charge in [0.05, 0.1) is 12.1 Å². The summed E-state index contributed by atoms with van der Waals surface area (Å²) in [6, 6.07) is 0. The molecule has 0 atom stereocenters. The van der Waals surface area contributed by atoms with Crippen molar-refractivity contribution in [2.45, 2.75) is 26.8 Å². The summed E-state index contributed by atoms with van der Waals surface area (Å²) < 4.78 is 1.52. The summed E-state index contributed by atoms with van der Waals surface area (Å²) >= 11 is 0. The largest absolute Gasteiger partial charge is 0.481 e. The van der Waals surface area contributed by atoms with Crippen molar-refractivity contribution in [2.24, 2.45) is 0 Å². The van der Waals surface area contributed by atoms with Gasteiger partial charge in [-0.15, -0.1) is 6.58 Å². The van der Waals surface area contributed by atoms with Crippen molar-refractivity contribution < 1.29 is 14.7 Å². The summed E-state index contributed by atoms with van der Waals surface area (Å²) in [5.41, 5.74) is 2.02. The third kappa shape index (κ3) is 3.44. The van der Waals surface area contributed by atoms with Crippen LogP contribution in [-0.2, 0) is 22.6 Å². The number of carboxylic acids is 1. The lowest BCUT2D eigenvalue weighted by Crippen LogP contribution is -2.28. The fraction of sp³-hybridized carbons (Fsp3) is 0.417. The number of nitrogens with zero attached hydrogens (tertiary/aromatic N) is 2. The number of amides is 1. The first-order chi connectivity index (χ1) is 8.45. The number of rotatable bonds is 6. The van der Waals surface area contributed by atoms with Crippen molar-refractivity contribution in [3.8, 4) is 0 Å². The molecule has 0 unspecified atom stereocenters. The molecule has 1 heterocycles. The minimum absolute atomic E-state index is 0.0774. The summed E-state index contributed by atoms with van der Waals surface area (Å²) in [5, 5.41) is 15.6. The molecule has 6 nitrogen and oxygen atoms in total. The molecule has 0 radical (unpaired) electrons. The fourth-order valence-corrected chi connectivity index (χ4v) is 1.67. The van der Waals surface area contributed by atoms with Crippen molar-refractivity contribution >= 4 is 11.9 Å². The summed E-state index contributed by atoms with van der Waals surface area (Å²) in [6.07, 6.45) is 1.51. The molecule has 2 N–H and O–H groups in total. The lowest BCUT2D eigenvalue weighted by molar-refractivity contribution is -0.136. The first-order valence-corrected chi connectivity index (χ1v) is 5.58. The average Bonchev–Trinajstić information content (AvgIpc) is 2.54. The lowest BCUT2D eigenvalue weighted by Gasteiger charge is -2.05. The SMILES string of the molecule is C=CCNC(=O)Cn1nc(C)c(CC(=O)O)c1C. The van der Waals surface area contributed by atoms with Crippen LogP contribution in [0.1, 0.15) is 17.0 Å². The van der Waals surface area contributed by atoms with Gasteiger partial charge in [-0.1, -0.05) is 6.08 Å². The Morgan fingerprint density at radius 3 is 2.72 bits per heavy atom. The van der Waals surface area contributed by atoms with Crippen LogP contribution in [0.3, 0.4) is 0 Å². The second kappa shape index (κ2) is 6.00. The summed E-state index contributed by atoms with van der Waals surface area (Å²) in [4.78, 5) is 22.2. The van der Waals surface area contributed by atoms with Crippen LogP contribution < -0.4 is 5.32 Å². The van der Waals surface area contributed by atoms with Gasteiger partial charge in [-0.3, -0.25) is 14.3 Å². The van der Waals surface area contributed by atoms with E-state index in [2.05, 4.69) is 17.0 Å². The van der Waals surface area contributed by atoms with Crippen LogP contribution in [0.15, 0.2) is 12.7 Å². The molecule has 6 heteroatoms. The van der Waals surface area contributed by atoms with Gasteiger partial charge < -0.3 is 10.4 Å². The molecule has 0 fully saturated rings. The molecule has 18 heavy (non-hydrogen) atoms. The predicted octanol–water partition coefficient (Wildman–Crippen LogP) is 0.429. The highest BCUT2D eigenvalue weighted by Crippen LogP contribution is 2.13. The molecule has 0 saturated heterocycles. The lowest BCUT2D eigenvalue weighted by atomic mass is 10.1. The van der Waals surface area contributed by atoms with Crippen LogP contribution in [0.4, 0.5) is 0 Å². The van der Waals surface area contributed by atoms with E-state index in [0.717, 1.165) is 0 Å². The van der Waals surface area contributed by atoms with E-state index in [4.69, 9.17) is 5.11 Å². The molecule has 1 rings (SSSR count). The Morgan fingerprint density at radius 2 is 2.17 bits per heavy atom. The van der Waals surface area contributed by atoms with Gasteiger partial charge in [0.15, 0.2) is 0 Å². The van der Waals surface area contributed by atoms with Crippen LogP contribution in [-0.4, -0.2) is 33.3 Å². The van der Waals surface area contributed by atoms with E-state index in [0.29, 0.717) is 23.5 Å². The number of aryl methyl sites for hydroxylation is 1. The van der Waals surface area contributed by atoms with Crippen LogP contribution in [0.2, 0.25) is 0 Å². The second-order valence-electron chi connectivity index (χ2n) is 3.97. The average molecular weight is 251 g/mol. The number of aromatic nitrogens is 2. The zero-order chi connectivity index (χ0) is 13.7. The van der Waals surface area contributed by atoms with Crippen molar-refractivity contribution in [3.63, 3.8) is 0 Å². The first kappa shape index (κ1) is 14.0. The number of aliphatic carboxylic acids is 1. The topological polar surface area (TPSA) is 84.2 Å². The molecule has 1 aromatic rings. The van der Waals surface area contributed by atoms with Crippen LogP contribution >= 0.6 is 0 Å². The van der Waals surface area contributed by atoms with E-state index in [1.165, 1.54) is 4.68 Å². The quantitative estimate of drug-likeness (QED) is 0.718. The highest BCUT2D eigenvalue weighted by atomic mass is 16.4. The second-order valence-corrected chi connectivity index (χ2v) is 3.97. The molecule has 0 spiro atoms. The zero-order valence-electron chi connectivity index (χ0n) is 10.6. The van der Waals surface area contributed by atoms with E-state index in [9.17, 15) is 9.59 Å². The predicted molar refractivity (Wildman–Crippen MR) is 66.2 cm³/mol. The zero-order valence-corrected chi connectivity index (χ0v) is 10.6. The van der Waals surface area contributed by atoms with E-state index in [-0.39, 0.29) is 18.9 Å². The molecule has 0 saturated carbocycles. The smallest absolute Gasteiger partial charge is 0.307 e. The molecule has 1 amide bonds. The molecule has 0 aliphatic rings. The molecule has 1 aromatic heterocycles. The highest BCUT2D eigenvalue weighted by Gasteiger charge is 2.15. The molecule has 0 aliphatic heterocycles. The van der Waals surface area contributed by atoms with Gasteiger partial charge in [-0.2, -0.15) is 5.10 Å². The minimum atomic E-state index is -0.906. The molecule has 98 valence electrons. The van der Waals surface area contributed by atoms with Crippen LogP contribution in [0.25, 0.3) is 0 Å². The van der Waals surface area contributed by atoms with E-state index < -0.39 is 5.97 Å². The third-order valence-corrected chi connectivity index (χ3v) is 2.60. The first-order valence-electron chi connectivity index (χ1n) is 5.58. The normalized spacial score (nSPS) is 10.1. The number of carbonyl (C=O) groups is 2. The minimum Gasteiger partial charge on any atom is -0.481 e. The standard InChI is InChI=1S/C12H17N3O3/c1-4-5-13-11(16)7-15-9(3)10(6-12(17)18)8(2)14-15/h4H,1,5-7H2,2-3H3,(H,13,16)(H,17,18). The van der Waals surface area contributed by atoms with E-state index >= 15 is 0 Å². The fourth-order valence-electron chi connectivity index (χ4n) is 1.67. The number of nitrogens with one attached hydrogen (secondary N) is 1. The number of hydrogen-bond acceptors (Lipinski definition) is 3. The van der Waals surface area contributed by atoms with Gasteiger partial charge in [0.2, 0.25) is 5.91 Å². The van der Waals surface area contributed by atoms with Gasteiger partial charge >= 0.3 is 5.97 Å². The van der Waals surface area contributed by atoms with Gasteiger partial charge in [-0.25, -0.2) is 0 Å². The Hall–Kier alpha value is -2.11. The number of carboxylic acid groups (broad SMARTS) is 1. The van der Waals surface area contributed by atoms with Crippen molar-refractivity contribution in [2.75, 3.05) is 6.54 Å². The van der Waals surface area contributed by atoms with Crippen LogP contribution in [0, 0.1) is 13.8 Å². The van der Waals surface area contributed by atoms with Gasteiger partial charge in [-0.05, 0) is 13.8 Å². The Morgan fingerprint density at radius 1 is 1.50 bits per heavy atom. The maximum absolute atomic E-state index is 11.5. The molecule has 0 bridgehead atoms. The third-order valence-electron chi connectivity index (χ3n) is 2.60. The van der Waals surface area contributed by atoms with Crippen LogP contribution in [0.5, 0.6) is 0 Å². The maximum atomic E-state index is 11.5. The van der Waals surface area contributed by atoms with Crippen molar-refractivity contribution in [3.05, 3.63) is 29.6 Å². The Bertz CT molecular complexity index is 477. The van der Waals surface area contributed by atoms with Gasteiger partial charge in [0, 0.05) is 17.8 Å². The molecule has 0 aromatic carbocycles. The van der Waals surface area contributed by atoms with E-state index in [1.54, 1.807) is 19.9 Å². The number of hydrogen-bond donors (Lipinski definition) is 2. The Labute approximate surface area is 105 Å². The summed E-state index contributed by atoms with van der Waals surface area (Å²) in [5.74, 6) is -1.08. The highest BCUT2D eigenvalue weighted by molar-refractivity contribution is 5.76. The van der Waals surface area contributed by atoms with Crippen molar-refractivity contribution in [1.82, 2.24) is 15.1 Å². The van der Waals surface area contributed by atoms with E-state index in [1.807, 2.05) is 0 Å². The monoisotopic (exact) mass is 251 g/mol. The Balaban J connectivity index is 2.81. The van der Waals surface area contributed by atoms with Crippen molar-refractivity contribution in [1.29, 1.82) is 0 Å². The summed E-state index contributed by atoms with van der Waals surface area (Å²) in [6.45, 7) is 7.49. The maximum Gasteiger partial charge on any atom is 0.307 e. The molecule has 0 aliphatic carbocycles. The molecular formula is C12H17N3O3. The Kier molecular flexibility index (Phi) is 4.65. The van der Waals surface area contributed by atoms with Gasteiger partial charge in [0.1, 0.15) is 6.54 Å².